The van der Waals surface area contributed by atoms with Crippen LogP contribution in [0.2, 0.25) is 0 Å². The Morgan fingerprint density at radius 3 is 2.62 bits per heavy atom. The Morgan fingerprint density at radius 1 is 1.06 bits per heavy atom. The van der Waals surface area contributed by atoms with Crippen LogP contribution in [0.5, 0.6) is 11.5 Å². The van der Waals surface area contributed by atoms with Crippen molar-refractivity contribution in [2.75, 3.05) is 20.8 Å². The van der Waals surface area contributed by atoms with Gasteiger partial charge in [0.15, 0.2) is 5.69 Å². The van der Waals surface area contributed by atoms with Crippen molar-refractivity contribution in [3.05, 3.63) is 70.8 Å². The van der Waals surface area contributed by atoms with Gasteiger partial charge in [0, 0.05) is 23.4 Å². The molecule has 2 aromatic carbocycles. The summed E-state index contributed by atoms with van der Waals surface area (Å²) in [6.07, 6.45) is 4.45. The molecule has 0 radical (unpaired) electrons. The number of hydrogen-bond donors (Lipinski definition) is 0. The van der Waals surface area contributed by atoms with E-state index >= 15 is 0 Å². The minimum absolute atomic E-state index is 0.0589. The average molecular weight is 435 g/mol. The van der Waals surface area contributed by atoms with Gasteiger partial charge in [0.1, 0.15) is 17.3 Å². The zero-order valence-electron chi connectivity index (χ0n) is 18.3. The molecule has 2 aliphatic rings. The molecule has 0 spiro atoms. The Balaban J connectivity index is 1.52. The molecule has 166 valence electrons. The molecule has 1 atom stereocenters. The summed E-state index contributed by atoms with van der Waals surface area (Å²) in [5, 5.41) is 4.73. The van der Waals surface area contributed by atoms with Crippen molar-refractivity contribution in [2.24, 2.45) is 0 Å². The number of hydrogen-bond acceptors (Lipinski definition) is 4. The van der Waals surface area contributed by atoms with E-state index in [1.165, 1.54) is 12.1 Å². The lowest BCUT2D eigenvalue weighted by Crippen LogP contribution is -2.31. The molecule has 3 aromatic rings. The normalized spacial score (nSPS) is 17.5. The maximum Gasteiger partial charge on any atom is 0.275 e. The second kappa shape index (κ2) is 8.30. The number of amides is 1. The third-order valence-electron chi connectivity index (χ3n) is 6.51. The molecule has 1 aromatic heterocycles. The van der Waals surface area contributed by atoms with Gasteiger partial charge < -0.3 is 14.4 Å². The molecule has 2 heterocycles. The van der Waals surface area contributed by atoms with Gasteiger partial charge in [-0.05, 0) is 74.6 Å². The number of likely N-dealkylation sites (tertiary alicyclic amines) is 1. The fourth-order valence-electron chi connectivity index (χ4n) is 4.97. The zero-order chi connectivity index (χ0) is 22.2. The smallest absolute Gasteiger partial charge is 0.275 e. The summed E-state index contributed by atoms with van der Waals surface area (Å²) in [6, 6.07) is 11.9. The Bertz CT molecular complexity index is 1160. The Morgan fingerprint density at radius 2 is 1.88 bits per heavy atom. The van der Waals surface area contributed by atoms with Gasteiger partial charge in [-0.25, -0.2) is 9.07 Å². The number of rotatable bonds is 5. The number of fused-ring (bicyclic) bond motifs is 1. The van der Waals surface area contributed by atoms with Crippen LogP contribution in [0.1, 0.15) is 52.6 Å². The number of aromatic nitrogens is 2. The van der Waals surface area contributed by atoms with E-state index in [9.17, 15) is 9.18 Å². The maximum atomic E-state index is 13.8. The van der Waals surface area contributed by atoms with E-state index in [1.807, 2.05) is 27.8 Å². The third kappa shape index (κ3) is 3.42. The van der Waals surface area contributed by atoms with Crippen LogP contribution >= 0.6 is 0 Å². The molecule has 0 N–H and O–H groups in total. The van der Waals surface area contributed by atoms with E-state index < -0.39 is 0 Å². The average Bonchev–Trinajstić information content (AvgIpc) is 3.55. The van der Waals surface area contributed by atoms with Crippen LogP contribution in [0, 0.1) is 5.82 Å². The SMILES string of the molecule is COc1ccc(OC)c(C2CCCN2C(=O)c2nn(-c3ccc(F)cc3)c3c2CCC3)c1. The molecule has 32 heavy (non-hydrogen) atoms. The molecule has 1 amide bonds. The molecule has 1 saturated heterocycles. The van der Waals surface area contributed by atoms with Gasteiger partial charge in [0.05, 0.1) is 25.9 Å². The van der Waals surface area contributed by atoms with Gasteiger partial charge in [-0.3, -0.25) is 4.79 Å². The number of methoxy groups -OCH3 is 2. The van der Waals surface area contributed by atoms with Crippen LogP contribution in [-0.2, 0) is 12.8 Å². The topological polar surface area (TPSA) is 56.6 Å². The lowest BCUT2D eigenvalue weighted by atomic mass is 10.0. The number of nitrogens with zero attached hydrogens (tertiary/aromatic N) is 3. The van der Waals surface area contributed by atoms with Crippen molar-refractivity contribution in [1.29, 1.82) is 0 Å². The summed E-state index contributed by atoms with van der Waals surface area (Å²) in [7, 11) is 3.28. The molecule has 0 bridgehead atoms. The monoisotopic (exact) mass is 435 g/mol. The number of ether oxygens (including phenoxy) is 2. The zero-order valence-corrected chi connectivity index (χ0v) is 18.3. The minimum atomic E-state index is -0.291. The molecule has 1 aliphatic heterocycles. The first kappa shape index (κ1) is 20.5. The minimum Gasteiger partial charge on any atom is -0.497 e. The summed E-state index contributed by atoms with van der Waals surface area (Å²) in [6.45, 7) is 0.669. The van der Waals surface area contributed by atoms with Crippen LogP contribution in [0.15, 0.2) is 42.5 Å². The summed E-state index contributed by atoms with van der Waals surface area (Å²) in [4.78, 5) is 15.7. The van der Waals surface area contributed by atoms with E-state index in [0.29, 0.717) is 12.2 Å². The van der Waals surface area contributed by atoms with Gasteiger partial charge >= 0.3 is 0 Å². The lowest BCUT2D eigenvalue weighted by molar-refractivity contribution is 0.0726. The van der Waals surface area contributed by atoms with E-state index in [1.54, 1.807) is 26.4 Å². The molecular formula is C25H26FN3O3. The van der Waals surface area contributed by atoms with Crippen LogP contribution in [-0.4, -0.2) is 41.4 Å². The highest BCUT2D eigenvalue weighted by Crippen LogP contribution is 2.40. The van der Waals surface area contributed by atoms with Crippen LogP contribution in [0.4, 0.5) is 4.39 Å². The maximum absolute atomic E-state index is 13.8. The Hall–Kier alpha value is -3.35. The van der Waals surface area contributed by atoms with E-state index in [0.717, 1.165) is 66.1 Å². The predicted molar refractivity (Wildman–Crippen MR) is 118 cm³/mol. The molecule has 0 saturated carbocycles. The number of benzene rings is 2. The largest absolute Gasteiger partial charge is 0.497 e. The van der Waals surface area contributed by atoms with Crippen molar-refractivity contribution < 1.29 is 18.7 Å². The lowest BCUT2D eigenvalue weighted by Gasteiger charge is -2.26. The molecule has 1 aliphatic carbocycles. The molecule has 1 fully saturated rings. The van der Waals surface area contributed by atoms with Gasteiger partial charge in [0.25, 0.3) is 5.91 Å². The van der Waals surface area contributed by atoms with Gasteiger partial charge in [0.2, 0.25) is 0 Å². The highest BCUT2D eigenvalue weighted by molar-refractivity contribution is 5.95. The number of halogens is 1. The van der Waals surface area contributed by atoms with Crippen LogP contribution in [0.25, 0.3) is 5.69 Å². The van der Waals surface area contributed by atoms with Crippen LogP contribution < -0.4 is 9.47 Å². The Labute approximate surface area is 186 Å². The van der Waals surface area contributed by atoms with Crippen molar-refractivity contribution in [1.82, 2.24) is 14.7 Å². The van der Waals surface area contributed by atoms with Crippen molar-refractivity contribution in [2.45, 2.75) is 38.1 Å². The second-order valence-corrected chi connectivity index (χ2v) is 8.28. The van der Waals surface area contributed by atoms with Crippen molar-refractivity contribution in [3.8, 4) is 17.2 Å². The van der Waals surface area contributed by atoms with Crippen molar-refractivity contribution >= 4 is 5.91 Å². The summed E-state index contributed by atoms with van der Waals surface area (Å²) < 4.78 is 26.2. The predicted octanol–water partition coefficient (Wildman–Crippen LogP) is 4.49. The second-order valence-electron chi connectivity index (χ2n) is 8.28. The Kier molecular flexibility index (Phi) is 5.33. The standard InChI is InChI=1S/C25H26FN3O3/c1-31-18-12-13-23(32-2)20(15-18)21-7-4-14-28(21)25(30)24-19-5-3-6-22(19)29(27-24)17-10-8-16(26)9-11-17/h8-13,15,21H,3-7,14H2,1-2H3. The molecule has 7 heteroatoms. The van der Waals surface area contributed by atoms with E-state index in [-0.39, 0.29) is 17.8 Å². The number of carbonyl (C=O) groups is 1. The quantitative estimate of drug-likeness (QED) is 0.592. The highest BCUT2D eigenvalue weighted by Gasteiger charge is 2.36. The summed E-state index contributed by atoms with van der Waals surface area (Å²) in [5.41, 5.74) is 4.30. The van der Waals surface area contributed by atoms with Gasteiger partial charge in [-0.2, -0.15) is 5.10 Å². The summed E-state index contributed by atoms with van der Waals surface area (Å²) >= 11 is 0. The molecule has 1 unspecified atom stereocenters. The first-order valence-corrected chi connectivity index (χ1v) is 11.0. The number of carbonyl (C=O) groups excluding carboxylic acids is 1. The fourth-order valence-corrected chi connectivity index (χ4v) is 4.97. The van der Waals surface area contributed by atoms with Gasteiger partial charge in [-0.15, -0.1) is 0 Å². The van der Waals surface area contributed by atoms with E-state index in [4.69, 9.17) is 14.6 Å². The summed E-state index contributed by atoms with van der Waals surface area (Å²) in [5.74, 6) is 1.14. The first-order valence-electron chi connectivity index (χ1n) is 11.0. The fraction of sp³-hybridized carbons (Fsp3) is 0.360. The highest BCUT2D eigenvalue weighted by atomic mass is 19.1. The van der Waals surface area contributed by atoms with E-state index in [2.05, 4.69) is 0 Å². The van der Waals surface area contributed by atoms with Crippen LogP contribution in [0.3, 0.4) is 0 Å². The molecule has 5 rings (SSSR count). The van der Waals surface area contributed by atoms with Crippen molar-refractivity contribution in [3.63, 3.8) is 0 Å². The first-order chi connectivity index (χ1) is 15.6. The third-order valence-corrected chi connectivity index (χ3v) is 6.51. The molecular weight excluding hydrogens is 409 g/mol. The molecule has 6 nitrogen and oxygen atoms in total. The van der Waals surface area contributed by atoms with Gasteiger partial charge in [-0.1, -0.05) is 0 Å².